The van der Waals surface area contributed by atoms with Gasteiger partial charge in [0.1, 0.15) is 5.75 Å². The van der Waals surface area contributed by atoms with Crippen LogP contribution in [0.1, 0.15) is 6.92 Å². The van der Waals surface area contributed by atoms with E-state index in [1.165, 1.54) is 0 Å². The second-order valence-corrected chi connectivity index (χ2v) is 3.84. The van der Waals surface area contributed by atoms with Crippen LogP contribution in [0.2, 0.25) is 0 Å². The van der Waals surface area contributed by atoms with Crippen molar-refractivity contribution in [2.75, 3.05) is 5.32 Å². The summed E-state index contributed by atoms with van der Waals surface area (Å²) >= 11 is 0. The Morgan fingerprint density at radius 3 is 3.00 bits per heavy atom. The van der Waals surface area contributed by atoms with Gasteiger partial charge in [0.25, 0.3) is 5.91 Å². The van der Waals surface area contributed by atoms with E-state index in [-0.39, 0.29) is 5.91 Å². The minimum atomic E-state index is -0.460. The fourth-order valence-corrected chi connectivity index (χ4v) is 1.73. The van der Waals surface area contributed by atoms with Gasteiger partial charge in [0, 0.05) is 11.6 Å². The Kier molecular flexibility index (Phi) is 2.11. The van der Waals surface area contributed by atoms with Crippen LogP contribution in [-0.4, -0.2) is 17.2 Å². The number of benzene rings is 1. The third-order valence-corrected chi connectivity index (χ3v) is 2.63. The van der Waals surface area contributed by atoms with Crippen molar-refractivity contribution in [1.82, 2.24) is 5.16 Å². The predicted octanol–water partition coefficient (Wildman–Crippen LogP) is 2.06. The van der Waals surface area contributed by atoms with Gasteiger partial charge in [-0.05, 0) is 25.1 Å². The van der Waals surface area contributed by atoms with E-state index in [1.807, 2.05) is 12.1 Å². The van der Waals surface area contributed by atoms with Crippen LogP contribution in [0.25, 0.3) is 11.3 Å². The summed E-state index contributed by atoms with van der Waals surface area (Å²) in [7, 11) is 0. The molecular weight excluding hydrogens is 220 g/mol. The van der Waals surface area contributed by atoms with E-state index in [0.717, 1.165) is 5.56 Å². The molecule has 0 spiro atoms. The fourth-order valence-electron chi connectivity index (χ4n) is 1.73. The highest BCUT2D eigenvalue weighted by Gasteiger charge is 2.23. The lowest BCUT2D eigenvalue weighted by Gasteiger charge is -2.23. The number of hydrogen-bond acceptors (Lipinski definition) is 4. The molecule has 0 saturated heterocycles. The summed E-state index contributed by atoms with van der Waals surface area (Å²) in [5.41, 5.74) is 1.50. The molecule has 3 rings (SSSR count). The molecular formula is C12H10N2O3. The van der Waals surface area contributed by atoms with Gasteiger partial charge in [0.15, 0.2) is 11.9 Å². The number of nitrogens with one attached hydrogen (secondary N) is 1. The molecule has 1 atom stereocenters. The molecule has 0 aliphatic carbocycles. The van der Waals surface area contributed by atoms with Crippen molar-refractivity contribution in [1.29, 1.82) is 0 Å². The molecule has 0 bridgehead atoms. The van der Waals surface area contributed by atoms with Crippen LogP contribution in [-0.2, 0) is 4.79 Å². The Morgan fingerprint density at radius 1 is 1.35 bits per heavy atom. The standard InChI is InChI=1S/C12H10N2O3/c1-7-12(15)14-9-6-8(2-3-11(9)16-7)10-4-5-13-17-10/h2-7H,1H3,(H,14,15). The van der Waals surface area contributed by atoms with E-state index < -0.39 is 6.10 Å². The Hall–Kier alpha value is -2.30. The van der Waals surface area contributed by atoms with Gasteiger partial charge in [-0.3, -0.25) is 4.79 Å². The van der Waals surface area contributed by atoms with E-state index >= 15 is 0 Å². The van der Waals surface area contributed by atoms with Crippen molar-refractivity contribution < 1.29 is 14.1 Å². The van der Waals surface area contributed by atoms with Crippen LogP contribution in [0.4, 0.5) is 5.69 Å². The maximum absolute atomic E-state index is 11.5. The summed E-state index contributed by atoms with van der Waals surface area (Å²) in [5.74, 6) is 1.17. The number of anilines is 1. The minimum Gasteiger partial charge on any atom is -0.479 e. The maximum Gasteiger partial charge on any atom is 0.265 e. The van der Waals surface area contributed by atoms with Gasteiger partial charge in [0.05, 0.1) is 11.9 Å². The average molecular weight is 230 g/mol. The molecule has 86 valence electrons. The van der Waals surface area contributed by atoms with Crippen LogP contribution in [0.5, 0.6) is 5.75 Å². The van der Waals surface area contributed by atoms with Crippen LogP contribution in [0.3, 0.4) is 0 Å². The first-order valence-electron chi connectivity index (χ1n) is 5.26. The van der Waals surface area contributed by atoms with Gasteiger partial charge in [0.2, 0.25) is 0 Å². The number of carbonyl (C=O) groups is 1. The zero-order chi connectivity index (χ0) is 11.8. The van der Waals surface area contributed by atoms with Crippen LogP contribution in [0, 0.1) is 0 Å². The van der Waals surface area contributed by atoms with E-state index in [9.17, 15) is 4.79 Å². The molecule has 2 aromatic rings. The molecule has 1 aliphatic rings. The van der Waals surface area contributed by atoms with Crippen molar-refractivity contribution in [2.45, 2.75) is 13.0 Å². The predicted molar refractivity (Wildman–Crippen MR) is 60.7 cm³/mol. The Balaban J connectivity index is 2.02. The second kappa shape index (κ2) is 3.62. The van der Waals surface area contributed by atoms with Crippen molar-refractivity contribution in [3.8, 4) is 17.1 Å². The summed E-state index contributed by atoms with van der Waals surface area (Å²) in [5, 5.41) is 6.43. The molecule has 0 radical (unpaired) electrons. The third kappa shape index (κ3) is 1.65. The van der Waals surface area contributed by atoms with Crippen LogP contribution in [0.15, 0.2) is 35.0 Å². The Bertz CT molecular complexity index is 563. The highest BCUT2D eigenvalue weighted by atomic mass is 16.5. The van der Waals surface area contributed by atoms with Crippen LogP contribution >= 0.6 is 0 Å². The number of hydrogen-bond donors (Lipinski definition) is 1. The van der Waals surface area contributed by atoms with Crippen molar-refractivity contribution >= 4 is 11.6 Å². The summed E-state index contributed by atoms with van der Waals surface area (Å²) in [6.45, 7) is 1.71. The van der Waals surface area contributed by atoms with E-state index in [2.05, 4.69) is 10.5 Å². The van der Waals surface area contributed by atoms with E-state index in [1.54, 1.807) is 25.3 Å². The summed E-state index contributed by atoms with van der Waals surface area (Å²) in [6, 6.07) is 7.24. The molecule has 2 heterocycles. The minimum absolute atomic E-state index is 0.146. The van der Waals surface area contributed by atoms with Crippen molar-refractivity contribution in [2.24, 2.45) is 0 Å². The molecule has 0 saturated carbocycles. The molecule has 5 nitrogen and oxygen atoms in total. The van der Waals surface area contributed by atoms with Gasteiger partial charge >= 0.3 is 0 Å². The molecule has 1 aromatic carbocycles. The van der Waals surface area contributed by atoms with E-state index in [0.29, 0.717) is 17.2 Å². The lowest BCUT2D eigenvalue weighted by atomic mass is 10.1. The van der Waals surface area contributed by atoms with E-state index in [4.69, 9.17) is 9.26 Å². The molecule has 5 heteroatoms. The Morgan fingerprint density at radius 2 is 2.24 bits per heavy atom. The molecule has 0 fully saturated rings. The first-order chi connectivity index (χ1) is 8.24. The lowest BCUT2D eigenvalue weighted by Crippen LogP contribution is -2.34. The molecule has 1 unspecified atom stereocenters. The fraction of sp³-hybridized carbons (Fsp3) is 0.167. The summed E-state index contributed by atoms with van der Waals surface area (Å²) in [4.78, 5) is 11.5. The summed E-state index contributed by atoms with van der Waals surface area (Å²) < 4.78 is 10.5. The number of nitrogens with zero attached hydrogens (tertiary/aromatic N) is 1. The third-order valence-electron chi connectivity index (χ3n) is 2.63. The molecule has 1 aliphatic heterocycles. The van der Waals surface area contributed by atoms with Gasteiger partial charge < -0.3 is 14.6 Å². The number of fused-ring (bicyclic) bond motifs is 1. The topological polar surface area (TPSA) is 64.4 Å². The first kappa shape index (κ1) is 9.89. The lowest BCUT2D eigenvalue weighted by molar-refractivity contribution is -0.122. The Labute approximate surface area is 97.4 Å². The normalized spacial score (nSPS) is 18.2. The molecule has 1 amide bonds. The quantitative estimate of drug-likeness (QED) is 0.814. The monoisotopic (exact) mass is 230 g/mol. The summed E-state index contributed by atoms with van der Waals surface area (Å²) in [6.07, 6.45) is 1.12. The molecule has 1 aromatic heterocycles. The number of amides is 1. The van der Waals surface area contributed by atoms with Crippen molar-refractivity contribution in [3.05, 3.63) is 30.5 Å². The number of aromatic nitrogens is 1. The number of ether oxygens (including phenoxy) is 1. The highest BCUT2D eigenvalue weighted by molar-refractivity contribution is 5.98. The molecule has 1 N–H and O–H groups in total. The first-order valence-corrected chi connectivity index (χ1v) is 5.26. The number of rotatable bonds is 1. The average Bonchev–Trinajstić information content (AvgIpc) is 2.83. The highest BCUT2D eigenvalue weighted by Crippen LogP contribution is 2.33. The SMILES string of the molecule is CC1Oc2ccc(-c3ccno3)cc2NC1=O. The largest absolute Gasteiger partial charge is 0.479 e. The van der Waals surface area contributed by atoms with Gasteiger partial charge in [-0.1, -0.05) is 5.16 Å². The van der Waals surface area contributed by atoms with Gasteiger partial charge in [-0.25, -0.2) is 0 Å². The maximum atomic E-state index is 11.5. The molecule has 17 heavy (non-hydrogen) atoms. The zero-order valence-electron chi connectivity index (χ0n) is 9.14. The number of carbonyl (C=O) groups excluding carboxylic acids is 1. The zero-order valence-corrected chi connectivity index (χ0v) is 9.14. The van der Waals surface area contributed by atoms with Crippen molar-refractivity contribution in [3.63, 3.8) is 0 Å². The van der Waals surface area contributed by atoms with Gasteiger partial charge in [-0.2, -0.15) is 0 Å². The van der Waals surface area contributed by atoms with Crippen LogP contribution < -0.4 is 10.1 Å². The second-order valence-electron chi connectivity index (χ2n) is 3.84. The smallest absolute Gasteiger partial charge is 0.265 e. The van der Waals surface area contributed by atoms with Gasteiger partial charge in [-0.15, -0.1) is 0 Å².